The van der Waals surface area contributed by atoms with Gasteiger partial charge in [0, 0.05) is 31.6 Å². The van der Waals surface area contributed by atoms with Crippen molar-refractivity contribution in [1.82, 2.24) is 15.4 Å². The average Bonchev–Trinajstić information content (AvgIpc) is 2.94. The van der Waals surface area contributed by atoms with E-state index in [-0.39, 0.29) is 28.7 Å². The fraction of sp³-hybridized carbons (Fsp3) is 0.345. The Morgan fingerprint density at radius 1 is 0.895 bits per heavy atom. The highest BCUT2D eigenvalue weighted by molar-refractivity contribution is 7.89. The fourth-order valence-corrected chi connectivity index (χ4v) is 5.93. The predicted octanol–water partition coefficient (Wildman–Crippen LogP) is 3.22. The van der Waals surface area contributed by atoms with Crippen molar-refractivity contribution in [1.29, 1.82) is 0 Å². The molecule has 0 aliphatic carbocycles. The number of amides is 1. The van der Waals surface area contributed by atoms with Gasteiger partial charge in [0.1, 0.15) is 11.5 Å². The van der Waals surface area contributed by atoms with Crippen LogP contribution in [0.5, 0.6) is 11.5 Å². The number of hydrogen-bond donors (Lipinski definition) is 3. The molecule has 4 rings (SSSR count). The first-order valence-corrected chi connectivity index (χ1v) is 14.1. The third-order valence-corrected chi connectivity index (χ3v) is 8.43. The van der Waals surface area contributed by atoms with Crippen molar-refractivity contribution in [3.63, 3.8) is 0 Å². The van der Waals surface area contributed by atoms with Gasteiger partial charge in [0.05, 0.1) is 25.0 Å². The van der Waals surface area contributed by atoms with E-state index in [0.717, 1.165) is 28.2 Å². The number of ether oxygens (including phenoxy) is 2. The van der Waals surface area contributed by atoms with Crippen LogP contribution in [0.15, 0.2) is 77.7 Å². The first-order valence-electron chi connectivity index (χ1n) is 12.6. The second kappa shape index (κ2) is 12.4. The Bertz CT molecular complexity index is 1260. The number of carbonyl (C=O) groups is 1. The number of rotatable bonds is 10. The lowest BCUT2D eigenvalue weighted by Gasteiger charge is -2.30. The van der Waals surface area contributed by atoms with Gasteiger partial charge >= 0.3 is 0 Å². The summed E-state index contributed by atoms with van der Waals surface area (Å²) in [6.07, 6.45) is 0.416. The van der Waals surface area contributed by atoms with Gasteiger partial charge in [-0.15, -0.1) is 0 Å². The molecule has 1 fully saturated rings. The molecule has 1 aliphatic rings. The van der Waals surface area contributed by atoms with Gasteiger partial charge in [-0.3, -0.25) is 4.79 Å². The second-order valence-electron chi connectivity index (χ2n) is 9.57. The molecule has 3 aromatic rings. The molecule has 1 heterocycles. The molecule has 2 atom stereocenters. The molecule has 1 amide bonds. The number of benzene rings is 3. The quantitative estimate of drug-likeness (QED) is 0.367. The number of aryl methyl sites for hydroxylation is 1. The Balaban J connectivity index is 1.42. The van der Waals surface area contributed by atoms with Crippen molar-refractivity contribution < 1.29 is 22.7 Å². The first kappa shape index (κ1) is 27.6. The predicted molar refractivity (Wildman–Crippen MR) is 147 cm³/mol. The molecule has 0 unspecified atom stereocenters. The lowest BCUT2D eigenvalue weighted by molar-refractivity contribution is -0.125. The largest absolute Gasteiger partial charge is 0.497 e. The van der Waals surface area contributed by atoms with Crippen molar-refractivity contribution in [2.75, 3.05) is 33.9 Å². The summed E-state index contributed by atoms with van der Waals surface area (Å²) in [4.78, 5) is 13.4. The molecule has 38 heavy (non-hydrogen) atoms. The first-order chi connectivity index (χ1) is 18.3. The molecule has 0 aromatic heterocycles. The van der Waals surface area contributed by atoms with Gasteiger partial charge in [0.15, 0.2) is 0 Å². The van der Waals surface area contributed by atoms with Crippen LogP contribution >= 0.6 is 0 Å². The van der Waals surface area contributed by atoms with E-state index in [1.165, 1.54) is 0 Å². The van der Waals surface area contributed by atoms with Crippen molar-refractivity contribution in [3.05, 3.63) is 89.5 Å². The van der Waals surface area contributed by atoms with Gasteiger partial charge in [-0.05, 0) is 60.9 Å². The Hall–Kier alpha value is -3.40. The third kappa shape index (κ3) is 6.92. The van der Waals surface area contributed by atoms with Crippen molar-refractivity contribution in [3.8, 4) is 11.5 Å². The molecule has 3 aromatic carbocycles. The Morgan fingerprint density at radius 3 is 1.97 bits per heavy atom. The van der Waals surface area contributed by atoms with Gasteiger partial charge in [0.25, 0.3) is 0 Å². The van der Waals surface area contributed by atoms with Crippen LogP contribution in [0.2, 0.25) is 0 Å². The highest BCUT2D eigenvalue weighted by Crippen LogP contribution is 2.28. The molecule has 202 valence electrons. The van der Waals surface area contributed by atoms with Gasteiger partial charge in [-0.2, -0.15) is 0 Å². The standard InChI is InChI=1S/C29H35N3O5S/c1-20-4-14-27(15-5-20)38(34,35)32-24-16-23(17-30-18-24)29(33)31-19-28(21-6-10-25(36-2)11-7-21)22-8-12-26(37-3)13-9-22/h4-15,23-24,28,30,32H,16-19H2,1-3H3,(H,31,33)/t23-,24+/m0/s1. The van der Waals surface area contributed by atoms with Gasteiger partial charge in [-0.25, -0.2) is 13.1 Å². The molecule has 0 bridgehead atoms. The smallest absolute Gasteiger partial charge is 0.240 e. The average molecular weight is 538 g/mol. The highest BCUT2D eigenvalue weighted by atomic mass is 32.2. The van der Waals surface area contributed by atoms with Crippen LogP contribution in [0.4, 0.5) is 0 Å². The minimum Gasteiger partial charge on any atom is -0.497 e. The normalized spacial score (nSPS) is 17.7. The van der Waals surface area contributed by atoms with Gasteiger partial charge in [0.2, 0.25) is 15.9 Å². The van der Waals surface area contributed by atoms with Crippen LogP contribution in [-0.4, -0.2) is 54.2 Å². The van der Waals surface area contributed by atoms with Crippen LogP contribution in [-0.2, 0) is 14.8 Å². The maximum atomic E-state index is 13.2. The van der Waals surface area contributed by atoms with E-state index in [4.69, 9.17) is 9.47 Å². The lowest BCUT2D eigenvalue weighted by atomic mass is 9.90. The summed E-state index contributed by atoms with van der Waals surface area (Å²) in [6.45, 7) is 3.26. The summed E-state index contributed by atoms with van der Waals surface area (Å²) in [5.41, 5.74) is 3.08. The van der Waals surface area contributed by atoms with E-state index in [0.29, 0.717) is 26.1 Å². The van der Waals surface area contributed by atoms with E-state index in [9.17, 15) is 13.2 Å². The minimum atomic E-state index is -3.68. The van der Waals surface area contributed by atoms with Crippen molar-refractivity contribution in [2.24, 2.45) is 5.92 Å². The fourth-order valence-electron chi connectivity index (χ4n) is 4.68. The second-order valence-corrected chi connectivity index (χ2v) is 11.3. The number of methoxy groups -OCH3 is 2. The molecule has 0 spiro atoms. The maximum Gasteiger partial charge on any atom is 0.240 e. The van der Waals surface area contributed by atoms with Crippen molar-refractivity contribution in [2.45, 2.75) is 30.2 Å². The molecule has 9 heteroatoms. The van der Waals surface area contributed by atoms with E-state index in [2.05, 4.69) is 15.4 Å². The third-order valence-electron chi connectivity index (χ3n) is 6.89. The van der Waals surface area contributed by atoms with E-state index < -0.39 is 10.0 Å². The zero-order valence-electron chi connectivity index (χ0n) is 21.9. The molecule has 8 nitrogen and oxygen atoms in total. The summed E-state index contributed by atoms with van der Waals surface area (Å²) in [7, 11) is -0.422. The summed E-state index contributed by atoms with van der Waals surface area (Å²) < 4.78 is 39.1. The summed E-state index contributed by atoms with van der Waals surface area (Å²) in [6, 6.07) is 22.0. The van der Waals surface area contributed by atoms with Gasteiger partial charge in [-0.1, -0.05) is 42.0 Å². The Kier molecular flexibility index (Phi) is 9.04. The Morgan fingerprint density at radius 2 is 1.45 bits per heavy atom. The maximum absolute atomic E-state index is 13.2. The number of piperidine rings is 1. The van der Waals surface area contributed by atoms with E-state index in [1.807, 2.05) is 55.5 Å². The molecule has 0 saturated carbocycles. The van der Waals surface area contributed by atoms with Crippen molar-refractivity contribution >= 4 is 15.9 Å². The molecule has 1 aliphatic heterocycles. The van der Waals surface area contributed by atoms with E-state index in [1.54, 1.807) is 38.5 Å². The SMILES string of the molecule is COc1ccc(C(CNC(=O)[C@@H]2CNC[C@H](NS(=O)(=O)c3ccc(C)cc3)C2)c2ccc(OC)cc2)cc1. The van der Waals surface area contributed by atoms with Crippen LogP contribution in [0.25, 0.3) is 0 Å². The minimum absolute atomic E-state index is 0.0804. The molecule has 0 radical (unpaired) electrons. The lowest BCUT2D eigenvalue weighted by Crippen LogP contribution is -2.52. The van der Waals surface area contributed by atoms with Crippen LogP contribution in [0.1, 0.15) is 29.0 Å². The summed E-state index contributed by atoms with van der Waals surface area (Å²) >= 11 is 0. The molecule has 3 N–H and O–H groups in total. The molecular formula is C29H35N3O5S. The highest BCUT2D eigenvalue weighted by Gasteiger charge is 2.30. The molecular weight excluding hydrogens is 502 g/mol. The topological polar surface area (TPSA) is 106 Å². The monoisotopic (exact) mass is 537 g/mol. The van der Waals surface area contributed by atoms with Gasteiger partial charge < -0.3 is 20.1 Å². The van der Waals surface area contributed by atoms with E-state index >= 15 is 0 Å². The number of sulfonamides is 1. The number of nitrogens with one attached hydrogen (secondary N) is 3. The molecule has 1 saturated heterocycles. The zero-order chi connectivity index (χ0) is 27.1. The summed E-state index contributed by atoms with van der Waals surface area (Å²) in [5, 5.41) is 6.32. The van der Waals surface area contributed by atoms with Crippen LogP contribution < -0.4 is 24.8 Å². The number of hydrogen-bond acceptors (Lipinski definition) is 6. The number of carbonyl (C=O) groups excluding carboxylic acids is 1. The zero-order valence-corrected chi connectivity index (χ0v) is 22.8. The Labute approximate surface area is 224 Å². The van der Waals surface area contributed by atoms with Crippen LogP contribution in [0.3, 0.4) is 0 Å². The van der Waals surface area contributed by atoms with Crippen LogP contribution in [0, 0.1) is 12.8 Å². The summed E-state index contributed by atoms with van der Waals surface area (Å²) in [5.74, 6) is 0.978.